The summed E-state index contributed by atoms with van der Waals surface area (Å²) in [6.07, 6.45) is 0. The minimum Gasteiger partial charge on any atom is -0.497 e. The van der Waals surface area contributed by atoms with E-state index in [9.17, 15) is 13.2 Å². The summed E-state index contributed by atoms with van der Waals surface area (Å²) < 4.78 is 40.2. The van der Waals surface area contributed by atoms with Crippen LogP contribution < -0.4 is 24.5 Å². The summed E-state index contributed by atoms with van der Waals surface area (Å²) in [5, 5.41) is 0. The van der Waals surface area contributed by atoms with E-state index in [1.54, 1.807) is 18.2 Å². The van der Waals surface area contributed by atoms with Crippen LogP contribution in [0.15, 0.2) is 47.4 Å². The van der Waals surface area contributed by atoms with Gasteiger partial charge in [-0.3, -0.25) is 10.2 Å². The van der Waals surface area contributed by atoms with E-state index in [1.807, 2.05) is 23.9 Å². The lowest BCUT2D eigenvalue weighted by molar-refractivity contribution is -0.123. The van der Waals surface area contributed by atoms with Crippen molar-refractivity contribution >= 4 is 15.9 Å². The molecule has 0 aromatic heterocycles. The monoisotopic (exact) mass is 380 g/mol. The Balaban J connectivity index is 2.01. The number of benzene rings is 2. The molecule has 8 nitrogen and oxygen atoms in total. The minimum atomic E-state index is -4.06. The predicted molar refractivity (Wildman–Crippen MR) is 94.7 cm³/mol. The van der Waals surface area contributed by atoms with Gasteiger partial charge in [0.05, 0.1) is 14.2 Å². The van der Waals surface area contributed by atoms with Gasteiger partial charge >= 0.3 is 0 Å². The highest BCUT2D eigenvalue weighted by molar-refractivity contribution is 7.89. The van der Waals surface area contributed by atoms with Crippen LogP contribution in [-0.4, -0.2) is 35.2 Å². The average Bonchev–Trinajstić information content (AvgIpc) is 2.65. The number of hydrogen-bond donors (Lipinski definition) is 2. The maximum Gasteiger partial charge on any atom is 0.272 e. The van der Waals surface area contributed by atoms with Crippen molar-refractivity contribution in [3.8, 4) is 17.2 Å². The number of amides is 1. The molecule has 0 bridgehead atoms. The van der Waals surface area contributed by atoms with Crippen LogP contribution in [0.5, 0.6) is 17.2 Å². The quantitative estimate of drug-likeness (QED) is 0.671. The average molecular weight is 380 g/mol. The molecule has 2 rings (SSSR count). The SMILES string of the molecule is COc1ccc(OC)c(S(=O)(=O)NNC(=O)COc2ccccc2C)c1. The zero-order chi connectivity index (χ0) is 19.2. The lowest BCUT2D eigenvalue weighted by Crippen LogP contribution is -2.43. The molecule has 1 amide bonds. The van der Waals surface area contributed by atoms with Crippen molar-refractivity contribution in [3.63, 3.8) is 0 Å². The number of hydrogen-bond acceptors (Lipinski definition) is 6. The number of nitrogens with one attached hydrogen (secondary N) is 2. The fourth-order valence-corrected chi connectivity index (χ4v) is 3.12. The van der Waals surface area contributed by atoms with Gasteiger partial charge in [0.1, 0.15) is 22.1 Å². The number of rotatable bonds is 8. The number of ether oxygens (including phenoxy) is 3. The number of carbonyl (C=O) groups excluding carboxylic acids is 1. The van der Waals surface area contributed by atoms with Gasteiger partial charge in [-0.15, -0.1) is 4.83 Å². The molecule has 0 spiro atoms. The Morgan fingerprint density at radius 1 is 1.04 bits per heavy atom. The van der Waals surface area contributed by atoms with Crippen LogP contribution in [0.4, 0.5) is 0 Å². The van der Waals surface area contributed by atoms with Gasteiger partial charge in [-0.1, -0.05) is 18.2 Å². The molecule has 0 aliphatic rings. The van der Waals surface area contributed by atoms with E-state index in [0.29, 0.717) is 11.5 Å². The van der Waals surface area contributed by atoms with Crippen LogP contribution in [0, 0.1) is 6.92 Å². The Kier molecular flexibility index (Phi) is 6.42. The molecule has 0 aliphatic heterocycles. The van der Waals surface area contributed by atoms with Crippen molar-refractivity contribution in [1.29, 1.82) is 0 Å². The summed E-state index contributed by atoms with van der Waals surface area (Å²) in [6, 6.07) is 11.5. The Labute approximate surface area is 152 Å². The van der Waals surface area contributed by atoms with Crippen LogP contribution in [-0.2, 0) is 14.8 Å². The Bertz CT molecular complexity index is 883. The lowest BCUT2D eigenvalue weighted by atomic mass is 10.2. The van der Waals surface area contributed by atoms with Crippen LogP contribution in [0.3, 0.4) is 0 Å². The second kappa shape index (κ2) is 8.54. The van der Waals surface area contributed by atoms with Gasteiger partial charge in [0, 0.05) is 6.07 Å². The zero-order valence-corrected chi connectivity index (χ0v) is 15.4. The van der Waals surface area contributed by atoms with Crippen molar-refractivity contribution in [2.24, 2.45) is 0 Å². The summed E-state index contributed by atoms with van der Waals surface area (Å²) >= 11 is 0. The van der Waals surface area contributed by atoms with Crippen molar-refractivity contribution in [3.05, 3.63) is 48.0 Å². The highest BCUT2D eigenvalue weighted by atomic mass is 32.2. The van der Waals surface area contributed by atoms with Crippen LogP contribution >= 0.6 is 0 Å². The number of para-hydroxylation sites is 1. The molecule has 0 radical (unpaired) electrons. The second-order valence-corrected chi connectivity index (χ2v) is 6.88. The van der Waals surface area contributed by atoms with Gasteiger partial charge in [-0.2, -0.15) is 0 Å². The van der Waals surface area contributed by atoms with E-state index >= 15 is 0 Å². The van der Waals surface area contributed by atoms with Crippen molar-refractivity contribution in [2.45, 2.75) is 11.8 Å². The first-order valence-corrected chi connectivity index (χ1v) is 9.07. The second-order valence-electron chi connectivity index (χ2n) is 5.22. The number of sulfonamides is 1. The molecular formula is C17H20N2O6S. The molecule has 0 saturated heterocycles. The molecule has 2 N–H and O–H groups in total. The van der Waals surface area contributed by atoms with E-state index in [2.05, 4.69) is 5.43 Å². The van der Waals surface area contributed by atoms with Gasteiger partial charge in [0.15, 0.2) is 6.61 Å². The van der Waals surface area contributed by atoms with Gasteiger partial charge < -0.3 is 14.2 Å². The normalized spacial score (nSPS) is 10.9. The lowest BCUT2D eigenvalue weighted by Gasteiger charge is -2.13. The van der Waals surface area contributed by atoms with Gasteiger partial charge in [-0.05, 0) is 30.7 Å². The third kappa shape index (κ3) is 4.87. The predicted octanol–water partition coefficient (Wildman–Crippen LogP) is 1.40. The highest BCUT2D eigenvalue weighted by Crippen LogP contribution is 2.27. The Morgan fingerprint density at radius 3 is 2.42 bits per heavy atom. The van der Waals surface area contributed by atoms with Crippen molar-refractivity contribution < 1.29 is 27.4 Å². The topological polar surface area (TPSA) is 103 Å². The molecule has 2 aromatic rings. The van der Waals surface area contributed by atoms with E-state index in [4.69, 9.17) is 14.2 Å². The summed E-state index contributed by atoms with van der Waals surface area (Å²) in [4.78, 5) is 13.7. The van der Waals surface area contributed by atoms with E-state index in [1.165, 1.54) is 26.4 Å². The smallest absolute Gasteiger partial charge is 0.272 e. The first-order valence-electron chi connectivity index (χ1n) is 7.58. The molecule has 140 valence electrons. The Morgan fingerprint density at radius 2 is 1.77 bits per heavy atom. The molecule has 0 unspecified atom stereocenters. The van der Waals surface area contributed by atoms with Crippen LogP contribution in [0.25, 0.3) is 0 Å². The molecule has 0 heterocycles. The summed E-state index contributed by atoms with van der Waals surface area (Å²) in [5.74, 6) is 0.336. The maximum atomic E-state index is 12.4. The molecule has 9 heteroatoms. The first kappa shape index (κ1) is 19.5. The van der Waals surface area contributed by atoms with E-state index in [0.717, 1.165) is 5.56 Å². The molecular weight excluding hydrogens is 360 g/mol. The Hall–Kier alpha value is -2.78. The highest BCUT2D eigenvalue weighted by Gasteiger charge is 2.21. The number of carbonyl (C=O) groups is 1. The third-order valence-electron chi connectivity index (χ3n) is 3.44. The number of hydrazine groups is 1. The van der Waals surface area contributed by atoms with Gasteiger partial charge in [0.2, 0.25) is 0 Å². The third-order valence-corrected chi connectivity index (χ3v) is 4.71. The molecule has 2 aromatic carbocycles. The molecule has 0 fully saturated rings. The molecule has 0 atom stereocenters. The number of aryl methyl sites for hydroxylation is 1. The minimum absolute atomic E-state index is 0.115. The largest absolute Gasteiger partial charge is 0.497 e. The fourth-order valence-electron chi connectivity index (χ4n) is 2.07. The summed E-state index contributed by atoms with van der Waals surface area (Å²) in [7, 11) is -1.31. The van der Waals surface area contributed by atoms with E-state index in [-0.39, 0.29) is 17.3 Å². The first-order chi connectivity index (χ1) is 12.4. The zero-order valence-electron chi connectivity index (χ0n) is 14.6. The van der Waals surface area contributed by atoms with Crippen LogP contribution in [0.2, 0.25) is 0 Å². The summed E-state index contributed by atoms with van der Waals surface area (Å²) in [5.41, 5.74) is 2.96. The molecule has 26 heavy (non-hydrogen) atoms. The maximum absolute atomic E-state index is 12.4. The molecule has 0 aliphatic carbocycles. The summed E-state index contributed by atoms with van der Waals surface area (Å²) in [6.45, 7) is 1.49. The number of methoxy groups -OCH3 is 2. The van der Waals surface area contributed by atoms with Crippen molar-refractivity contribution in [2.75, 3.05) is 20.8 Å². The standard InChI is InChI=1S/C17H20N2O6S/c1-12-6-4-5-7-14(12)25-11-17(20)18-19-26(21,22)16-10-13(23-2)8-9-15(16)24-3/h4-10,19H,11H2,1-3H3,(H,18,20). The fraction of sp³-hybridized carbons (Fsp3) is 0.235. The van der Waals surface area contributed by atoms with Gasteiger partial charge in [-0.25, -0.2) is 8.42 Å². The molecule has 0 saturated carbocycles. The van der Waals surface area contributed by atoms with Gasteiger partial charge in [0.25, 0.3) is 15.9 Å². The van der Waals surface area contributed by atoms with Crippen molar-refractivity contribution in [1.82, 2.24) is 10.3 Å². The van der Waals surface area contributed by atoms with E-state index < -0.39 is 15.9 Å². The van der Waals surface area contributed by atoms with Crippen LogP contribution in [0.1, 0.15) is 5.56 Å².